The molecule has 8 nitrogen and oxygen atoms in total. The van der Waals surface area contributed by atoms with E-state index in [0.717, 1.165) is 12.0 Å². The van der Waals surface area contributed by atoms with Gasteiger partial charge < -0.3 is 23.8 Å². The highest BCUT2D eigenvalue weighted by Crippen LogP contribution is 2.28. The highest BCUT2D eigenvalue weighted by Gasteiger charge is 2.50. The van der Waals surface area contributed by atoms with Crippen molar-refractivity contribution in [2.45, 2.75) is 111 Å². The lowest BCUT2D eigenvalue weighted by molar-refractivity contribution is -0.142. The molecule has 1 saturated heterocycles. The zero-order chi connectivity index (χ0) is 30.5. The van der Waals surface area contributed by atoms with Crippen LogP contribution in [0.25, 0.3) is 0 Å². The molecule has 1 aromatic carbocycles. The quantitative estimate of drug-likeness (QED) is 0.314. The van der Waals surface area contributed by atoms with Gasteiger partial charge in [-0.1, -0.05) is 58.0 Å². The van der Waals surface area contributed by atoms with Crippen molar-refractivity contribution >= 4 is 42.9 Å². The zero-order valence-electron chi connectivity index (χ0n) is 26.6. The predicted octanol–water partition coefficient (Wildman–Crippen LogP) is 4.82. The summed E-state index contributed by atoms with van der Waals surface area (Å²) < 4.78 is 13.5. The summed E-state index contributed by atoms with van der Waals surface area (Å²) in [6, 6.07) is 8.20. The van der Waals surface area contributed by atoms with Crippen molar-refractivity contribution in [1.82, 2.24) is 15.5 Å². The van der Waals surface area contributed by atoms with E-state index in [1.165, 1.54) is 0 Å². The second-order valence-electron chi connectivity index (χ2n) is 13.8. The van der Waals surface area contributed by atoms with Crippen LogP contribution < -0.4 is 10.6 Å². The number of likely N-dealkylation sites (tertiary alicyclic amines) is 1. The Labute approximate surface area is 245 Å². The van der Waals surface area contributed by atoms with Crippen LogP contribution in [-0.4, -0.2) is 72.1 Å². The summed E-state index contributed by atoms with van der Waals surface area (Å²) in [6.45, 7) is 23.5. The highest BCUT2D eigenvalue weighted by molar-refractivity contribution is 6.88. The molecule has 1 aliphatic heterocycles. The molecule has 0 aromatic heterocycles. The van der Waals surface area contributed by atoms with Gasteiger partial charge in [0.1, 0.15) is 12.1 Å². The standard InChI is InChI=1S/C29H53N3O5Si3/c1-21(2)26(30-25(33)20-23-16-13-12-14-17-23)29(35)32-19-15-18-24(32)27(34)31-28(22(3)4)40(11,36-38(5,6)7)37-39(8,9)10/h12-14,16-17,21-22,24,26,28H,15,18-20H2,1-11H3,(H,30,33)(H,31,34)/t24-,26-,28+/m0/s1. The van der Waals surface area contributed by atoms with E-state index >= 15 is 0 Å². The molecule has 0 saturated carbocycles. The Kier molecular flexibility index (Phi) is 12.0. The molecule has 1 aliphatic rings. The van der Waals surface area contributed by atoms with Gasteiger partial charge in [-0.05, 0) is 76.1 Å². The molecular formula is C29H53N3O5Si3. The Morgan fingerprint density at radius 3 is 1.90 bits per heavy atom. The molecular weight excluding hydrogens is 555 g/mol. The first-order valence-electron chi connectivity index (χ1n) is 14.7. The SMILES string of the molecule is CC(C)[C@H](NC(=O)Cc1ccccc1)C(=O)N1CCC[C@H]1C(=O)N[C@@H](C(C)C)[Si](C)(O[Si](C)(C)C)O[Si](C)(C)C. The van der Waals surface area contributed by atoms with Crippen LogP contribution in [0.5, 0.6) is 0 Å². The number of benzene rings is 1. The summed E-state index contributed by atoms with van der Waals surface area (Å²) in [5.41, 5.74) is 0.629. The lowest BCUT2D eigenvalue weighted by Crippen LogP contribution is -2.68. The van der Waals surface area contributed by atoms with Gasteiger partial charge in [0.15, 0.2) is 16.6 Å². The molecule has 40 heavy (non-hydrogen) atoms. The molecule has 11 heteroatoms. The number of amides is 3. The predicted molar refractivity (Wildman–Crippen MR) is 169 cm³/mol. The van der Waals surface area contributed by atoms with E-state index in [-0.39, 0.29) is 41.6 Å². The van der Waals surface area contributed by atoms with Crippen molar-refractivity contribution in [2.75, 3.05) is 6.54 Å². The molecule has 0 unspecified atom stereocenters. The van der Waals surface area contributed by atoms with Crippen molar-refractivity contribution in [3.63, 3.8) is 0 Å². The number of hydrogen-bond donors (Lipinski definition) is 2. The maximum atomic E-state index is 13.9. The Bertz CT molecular complexity index is 992. The summed E-state index contributed by atoms with van der Waals surface area (Å²) in [5, 5.41) is 6.26. The van der Waals surface area contributed by atoms with Crippen LogP contribution in [-0.2, 0) is 29.0 Å². The second-order valence-corrected chi connectivity index (χ2v) is 26.6. The van der Waals surface area contributed by atoms with Gasteiger partial charge in [-0.25, -0.2) is 0 Å². The third kappa shape index (κ3) is 10.2. The molecule has 0 spiro atoms. The molecule has 1 aromatic rings. The first-order valence-corrected chi connectivity index (χ1v) is 23.9. The van der Waals surface area contributed by atoms with Crippen LogP contribution in [0.15, 0.2) is 30.3 Å². The van der Waals surface area contributed by atoms with E-state index < -0.39 is 37.3 Å². The average Bonchev–Trinajstić information content (AvgIpc) is 3.28. The topological polar surface area (TPSA) is 97.0 Å². The van der Waals surface area contributed by atoms with E-state index in [9.17, 15) is 14.4 Å². The van der Waals surface area contributed by atoms with Crippen LogP contribution in [0.3, 0.4) is 0 Å². The fourth-order valence-electron chi connectivity index (χ4n) is 5.52. The smallest absolute Gasteiger partial charge is 0.337 e. The van der Waals surface area contributed by atoms with Crippen LogP contribution in [0.2, 0.25) is 45.8 Å². The maximum absolute atomic E-state index is 13.9. The Balaban J connectivity index is 2.24. The Morgan fingerprint density at radius 1 is 0.875 bits per heavy atom. The lowest BCUT2D eigenvalue weighted by atomic mass is 10.0. The summed E-state index contributed by atoms with van der Waals surface area (Å²) in [4.78, 5) is 42.1. The third-order valence-electron chi connectivity index (χ3n) is 6.84. The van der Waals surface area contributed by atoms with Crippen molar-refractivity contribution in [1.29, 1.82) is 0 Å². The van der Waals surface area contributed by atoms with Gasteiger partial charge in [-0.15, -0.1) is 0 Å². The molecule has 0 bridgehead atoms. The van der Waals surface area contributed by atoms with Gasteiger partial charge in [-0.3, -0.25) is 14.4 Å². The van der Waals surface area contributed by atoms with E-state index in [4.69, 9.17) is 8.23 Å². The molecule has 2 rings (SSSR count). The van der Waals surface area contributed by atoms with E-state index in [1.807, 2.05) is 44.2 Å². The van der Waals surface area contributed by atoms with Gasteiger partial charge in [0.25, 0.3) is 0 Å². The number of nitrogens with one attached hydrogen (secondary N) is 2. The average molecular weight is 608 g/mol. The number of hydrogen-bond acceptors (Lipinski definition) is 5. The normalized spacial score (nSPS) is 18.1. The molecule has 2 N–H and O–H groups in total. The Morgan fingerprint density at radius 2 is 1.43 bits per heavy atom. The van der Waals surface area contributed by atoms with Crippen LogP contribution in [0.1, 0.15) is 46.1 Å². The third-order valence-corrected chi connectivity index (χ3v) is 16.9. The first-order chi connectivity index (χ1) is 18.3. The summed E-state index contributed by atoms with van der Waals surface area (Å²) in [5.74, 6) is -0.593. The van der Waals surface area contributed by atoms with E-state index in [2.05, 4.69) is 70.3 Å². The van der Waals surface area contributed by atoms with Gasteiger partial charge in [0.05, 0.1) is 12.1 Å². The summed E-state index contributed by atoms with van der Waals surface area (Å²) in [7, 11) is -6.81. The van der Waals surface area contributed by atoms with Crippen LogP contribution in [0, 0.1) is 11.8 Å². The van der Waals surface area contributed by atoms with E-state index in [0.29, 0.717) is 13.0 Å². The second kappa shape index (κ2) is 13.9. The highest BCUT2D eigenvalue weighted by atomic mass is 28.5. The Hall–Kier alpha value is -1.80. The minimum atomic E-state index is -2.84. The number of nitrogens with zero attached hydrogens (tertiary/aromatic N) is 1. The number of carbonyl (C=O) groups is 3. The van der Waals surface area contributed by atoms with Crippen molar-refractivity contribution in [2.24, 2.45) is 11.8 Å². The number of carbonyl (C=O) groups excluding carboxylic acids is 3. The molecule has 1 heterocycles. The van der Waals surface area contributed by atoms with E-state index in [1.54, 1.807) is 4.90 Å². The van der Waals surface area contributed by atoms with Gasteiger partial charge >= 0.3 is 8.56 Å². The van der Waals surface area contributed by atoms with Crippen LogP contribution in [0.4, 0.5) is 0 Å². The molecule has 0 radical (unpaired) electrons. The first kappa shape index (κ1) is 34.4. The zero-order valence-corrected chi connectivity index (χ0v) is 29.6. The summed E-state index contributed by atoms with van der Waals surface area (Å²) >= 11 is 0. The monoisotopic (exact) mass is 607 g/mol. The molecule has 3 atom stereocenters. The molecule has 226 valence electrons. The fourth-order valence-corrected chi connectivity index (χ4v) is 18.4. The maximum Gasteiger partial charge on any atom is 0.337 e. The minimum absolute atomic E-state index is 0.0968. The van der Waals surface area contributed by atoms with Crippen molar-refractivity contribution < 1.29 is 22.6 Å². The van der Waals surface area contributed by atoms with Crippen molar-refractivity contribution in [3.8, 4) is 0 Å². The summed E-state index contributed by atoms with van der Waals surface area (Å²) in [6.07, 6.45) is 1.53. The minimum Gasteiger partial charge on any atom is -0.435 e. The molecule has 1 fully saturated rings. The molecule has 0 aliphatic carbocycles. The lowest BCUT2D eigenvalue weighted by Gasteiger charge is -2.45. The van der Waals surface area contributed by atoms with Crippen LogP contribution >= 0.6 is 0 Å². The van der Waals surface area contributed by atoms with Gasteiger partial charge in [0.2, 0.25) is 17.7 Å². The van der Waals surface area contributed by atoms with Gasteiger partial charge in [-0.2, -0.15) is 0 Å². The van der Waals surface area contributed by atoms with Crippen molar-refractivity contribution in [3.05, 3.63) is 35.9 Å². The molecule has 3 amide bonds. The van der Waals surface area contributed by atoms with Gasteiger partial charge in [0, 0.05) is 6.54 Å². The largest absolute Gasteiger partial charge is 0.435 e. The fraction of sp³-hybridized carbons (Fsp3) is 0.690. The number of rotatable bonds is 13.